The van der Waals surface area contributed by atoms with Crippen LogP contribution in [0.2, 0.25) is 0 Å². The second-order valence-corrected chi connectivity index (χ2v) is 15.1. The molecular weight excluding hydrogens is 667 g/mol. The number of allylic oxidation sites excluding steroid dienone is 3. The second-order valence-electron chi connectivity index (χ2n) is 15.1. The van der Waals surface area contributed by atoms with Crippen molar-refractivity contribution in [1.29, 1.82) is 0 Å². The maximum absolute atomic E-state index is 6.51. The lowest BCUT2D eigenvalue weighted by Gasteiger charge is -2.26. The van der Waals surface area contributed by atoms with Gasteiger partial charge in [0.1, 0.15) is 11.2 Å². The number of rotatable bonds is 6. The van der Waals surface area contributed by atoms with Crippen LogP contribution in [0.5, 0.6) is 0 Å². The minimum Gasteiger partial charge on any atom is -0.456 e. The predicted octanol–water partition coefficient (Wildman–Crippen LogP) is 14.2. The van der Waals surface area contributed by atoms with E-state index in [9.17, 15) is 0 Å². The Bertz CT molecular complexity index is 2820. The van der Waals surface area contributed by atoms with Crippen LogP contribution in [0.25, 0.3) is 66.6 Å². The molecule has 1 aliphatic heterocycles. The van der Waals surface area contributed by atoms with Crippen LogP contribution in [-0.4, -0.2) is 5.71 Å². The van der Waals surface area contributed by atoms with Crippen molar-refractivity contribution in [3.05, 3.63) is 204 Å². The molecule has 0 N–H and O–H groups in total. The van der Waals surface area contributed by atoms with Gasteiger partial charge in [0.05, 0.1) is 11.4 Å². The molecule has 0 fully saturated rings. The number of hydrogen-bond donors (Lipinski definition) is 0. The smallest absolute Gasteiger partial charge is 0.136 e. The van der Waals surface area contributed by atoms with Crippen LogP contribution in [0.4, 0.5) is 0 Å². The molecule has 264 valence electrons. The molecule has 2 aliphatic rings. The topological polar surface area (TPSA) is 25.5 Å². The molecule has 1 aromatic heterocycles. The zero-order valence-electron chi connectivity index (χ0n) is 31.2. The summed E-state index contributed by atoms with van der Waals surface area (Å²) in [5.41, 5.74) is 18.9. The van der Waals surface area contributed by atoms with E-state index in [1.807, 2.05) is 0 Å². The highest BCUT2D eigenvalue weighted by atomic mass is 16.3. The van der Waals surface area contributed by atoms with Gasteiger partial charge in [0.2, 0.25) is 0 Å². The minimum atomic E-state index is 0.170. The van der Waals surface area contributed by atoms with Crippen molar-refractivity contribution in [2.24, 2.45) is 10.9 Å². The van der Waals surface area contributed by atoms with E-state index in [4.69, 9.17) is 9.41 Å². The van der Waals surface area contributed by atoms with E-state index in [1.54, 1.807) is 0 Å². The fourth-order valence-corrected chi connectivity index (χ4v) is 8.68. The molecule has 0 saturated carbocycles. The largest absolute Gasteiger partial charge is 0.456 e. The molecule has 2 atom stereocenters. The van der Waals surface area contributed by atoms with Gasteiger partial charge >= 0.3 is 0 Å². The van der Waals surface area contributed by atoms with Crippen LogP contribution in [0, 0.1) is 5.92 Å². The Morgan fingerprint density at radius 3 is 1.95 bits per heavy atom. The average molecular weight is 708 g/mol. The first-order valence-electron chi connectivity index (χ1n) is 19.5. The van der Waals surface area contributed by atoms with Crippen molar-refractivity contribution in [2.45, 2.75) is 32.6 Å². The maximum atomic E-state index is 6.51. The predicted molar refractivity (Wildman–Crippen MR) is 231 cm³/mol. The van der Waals surface area contributed by atoms with Gasteiger partial charge < -0.3 is 4.42 Å². The van der Waals surface area contributed by atoms with E-state index in [1.165, 1.54) is 61.0 Å². The summed E-state index contributed by atoms with van der Waals surface area (Å²) in [6.45, 7) is 4.62. The summed E-state index contributed by atoms with van der Waals surface area (Å²) in [5.74, 6) is 0.553. The summed E-state index contributed by atoms with van der Waals surface area (Å²) in [5, 5.41) is 2.34. The summed E-state index contributed by atoms with van der Waals surface area (Å²) in [6, 6.07) is 59.2. The van der Waals surface area contributed by atoms with Gasteiger partial charge in [-0.1, -0.05) is 153 Å². The Labute approximate surface area is 322 Å². The number of nitrogens with zero attached hydrogens (tertiary/aromatic N) is 1. The van der Waals surface area contributed by atoms with E-state index < -0.39 is 0 Å². The van der Waals surface area contributed by atoms with Crippen LogP contribution in [-0.2, 0) is 6.42 Å². The molecule has 7 aromatic carbocycles. The van der Waals surface area contributed by atoms with Gasteiger partial charge in [0.25, 0.3) is 0 Å². The van der Waals surface area contributed by atoms with Crippen LogP contribution >= 0.6 is 0 Å². The van der Waals surface area contributed by atoms with Gasteiger partial charge in [-0.2, -0.15) is 0 Å². The van der Waals surface area contributed by atoms with Crippen LogP contribution in [0.3, 0.4) is 0 Å². The van der Waals surface area contributed by atoms with Gasteiger partial charge in [-0.25, -0.2) is 0 Å². The molecule has 8 aromatic rings. The van der Waals surface area contributed by atoms with E-state index in [0.717, 1.165) is 51.9 Å². The zero-order valence-corrected chi connectivity index (χ0v) is 31.2. The van der Waals surface area contributed by atoms with Gasteiger partial charge in [0, 0.05) is 22.3 Å². The summed E-state index contributed by atoms with van der Waals surface area (Å²) >= 11 is 0. The van der Waals surface area contributed by atoms with Crippen molar-refractivity contribution in [1.82, 2.24) is 0 Å². The molecule has 0 radical (unpaired) electrons. The number of aliphatic imine (C=N–C) groups is 1. The Hall–Kier alpha value is -6.51. The number of furan rings is 1. The monoisotopic (exact) mass is 707 g/mol. The third kappa shape index (κ3) is 6.05. The number of hydrogen-bond acceptors (Lipinski definition) is 2. The van der Waals surface area contributed by atoms with Gasteiger partial charge in [-0.15, -0.1) is 0 Å². The standard InChI is InChI=1S/C53H41NO/c1-3-35-27-43(37-16-9-5-10-17-37)30-50(38-18-11-6-12-19-38)54-53(35)42-21-13-20-39(28-42)40-22-24-45-47(29-40)34(2)26-44-32-52-49(33-48(44)45)46-25-23-41(31-51(46)55-52)36-14-7-4-8-15-36/h4-25,27-35H,3,26H2,1-2H3/t34-,35?/m0/s1. The molecule has 0 amide bonds. The Balaban J connectivity index is 1.03. The Morgan fingerprint density at radius 2 is 1.18 bits per heavy atom. The van der Waals surface area contributed by atoms with Crippen molar-refractivity contribution >= 4 is 38.9 Å². The van der Waals surface area contributed by atoms with Crippen molar-refractivity contribution in [3.63, 3.8) is 0 Å². The molecule has 0 saturated heterocycles. The summed E-state index contributed by atoms with van der Waals surface area (Å²) in [6.07, 6.45) is 6.61. The molecular formula is C53H41NO. The summed E-state index contributed by atoms with van der Waals surface area (Å²) in [7, 11) is 0. The lowest BCUT2D eigenvalue weighted by molar-refractivity contribution is 0.666. The maximum Gasteiger partial charge on any atom is 0.136 e. The zero-order chi connectivity index (χ0) is 36.9. The lowest BCUT2D eigenvalue weighted by Crippen LogP contribution is -2.13. The van der Waals surface area contributed by atoms with Crippen molar-refractivity contribution in [3.8, 4) is 33.4 Å². The first-order chi connectivity index (χ1) is 27.1. The summed E-state index contributed by atoms with van der Waals surface area (Å²) in [4.78, 5) is 5.47. The average Bonchev–Trinajstić information content (AvgIpc) is 3.47. The van der Waals surface area contributed by atoms with Crippen molar-refractivity contribution < 1.29 is 4.42 Å². The molecule has 2 heterocycles. The van der Waals surface area contributed by atoms with E-state index in [2.05, 4.69) is 190 Å². The van der Waals surface area contributed by atoms with Gasteiger partial charge in [0.15, 0.2) is 0 Å². The lowest BCUT2D eigenvalue weighted by atomic mass is 9.78. The first-order valence-corrected chi connectivity index (χ1v) is 19.5. The number of benzene rings is 7. The highest BCUT2D eigenvalue weighted by molar-refractivity contribution is 6.10. The van der Waals surface area contributed by atoms with Crippen molar-refractivity contribution in [2.75, 3.05) is 0 Å². The van der Waals surface area contributed by atoms with Crippen LogP contribution in [0.1, 0.15) is 54.0 Å². The first kappa shape index (κ1) is 33.1. The second kappa shape index (κ2) is 13.7. The molecule has 55 heavy (non-hydrogen) atoms. The fourth-order valence-electron chi connectivity index (χ4n) is 8.68. The Morgan fingerprint density at radius 1 is 0.545 bits per heavy atom. The van der Waals surface area contributed by atoms with E-state index >= 15 is 0 Å². The van der Waals surface area contributed by atoms with Crippen LogP contribution in [0.15, 0.2) is 185 Å². The highest BCUT2D eigenvalue weighted by Crippen LogP contribution is 2.45. The van der Waals surface area contributed by atoms with Crippen LogP contribution < -0.4 is 0 Å². The van der Waals surface area contributed by atoms with Gasteiger partial charge in [-0.3, -0.25) is 4.99 Å². The molecule has 0 spiro atoms. The highest BCUT2D eigenvalue weighted by Gasteiger charge is 2.25. The molecule has 1 unspecified atom stereocenters. The quantitative estimate of drug-likeness (QED) is 0.169. The number of fused-ring (bicyclic) bond motifs is 6. The fraction of sp³-hybridized carbons (Fsp3) is 0.113. The van der Waals surface area contributed by atoms with E-state index in [0.29, 0.717) is 5.92 Å². The molecule has 0 bridgehead atoms. The van der Waals surface area contributed by atoms with E-state index in [-0.39, 0.29) is 5.92 Å². The minimum absolute atomic E-state index is 0.170. The molecule has 10 rings (SSSR count). The molecule has 2 heteroatoms. The molecule has 1 aliphatic carbocycles. The third-order valence-corrected chi connectivity index (χ3v) is 11.6. The Kier molecular flexibility index (Phi) is 8.25. The van der Waals surface area contributed by atoms with Gasteiger partial charge in [-0.05, 0) is 116 Å². The normalized spacial score (nSPS) is 16.5. The SMILES string of the molecule is CCC1C=C(c2ccccc2)C=C(c2ccccc2)N=C1c1cccc(-c2ccc3c(c2)[C@@H](C)Cc2cc4oc5cc(-c6ccccc6)ccc5c4cc2-3)c1. The third-order valence-electron chi connectivity index (χ3n) is 11.6. The molecule has 2 nitrogen and oxygen atoms in total. The summed E-state index contributed by atoms with van der Waals surface area (Å²) < 4.78 is 6.51.